The Balaban J connectivity index is 1.82. The highest BCUT2D eigenvalue weighted by molar-refractivity contribution is 5.94. The average Bonchev–Trinajstić information content (AvgIpc) is 3.02. The number of H-pyrrole nitrogens is 1. The van der Waals surface area contributed by atoms with Gasteiger partial charge in [0.2, 0.25) is 0 Å². The van der Waals surface area contributed by atoms with Gasteiger partial charge in [0.05, 0.1) is 6.20 Å². The van der Waals surface area contributed by atoms with Crippen LogP contribution in [0.5, 0.6) is 0 Å². The first-order valence-electron chi connectivity index (χ1n) is 8.50. The van der Waals surface area contributed by atoms with Crippen molar-refractivity contribution in [2.75, 3.05) is 13.1 Å². The maximum absolute atomic E-state index is 12.8. The van der Waals surface area contributed by atoms with Crippen LogP contribution < -0.4 is 5.56 Å². The molecule has 6 nitrogen and oxygen atoms in total. The van der Waals surface area contributed by atoms with E-state index < -0.39 is 0 Å². The normalized spacial score (nSPS) is 18.0. The predicted octanol–water partition coefficient (Wildman–Crippen LogP) is 2.00. The number of nitrogens with zero attached hydrogens (tertiary/aromatic N) is 3. The Kier molecular flexibility index (Phi) is 4.55. The highest BCUT2D eigenvalue weighted by atomic mass is 16.2. The van der Waals surface area contributed by atoms with Gasteiger partial charge in [0.1, 0.15) is 5.56 Å². The highest BCUT2D eigenvalue weighted by Crippen LogP contribution is 2.27. The standard InChI is InChI=1S/C18H24N4O2/c1-4-16-12(2)8-15(17(23)20-16)18(24)22-7-5-6-13(11-22)14-9-19-21(3)10-14/h8-10,13H,4-7,11H2,1-3H3,(H,20,23). The first kappa shape index (κ1) is 16.5. The summed E-state index contributed by atoms with van der Waals surface area (Å²) in [7, 11) is 1.90. The molecule has 0 saturated carbocycles. The fourth-order valence-corrected chi connectivity index (χ4v) is 3.45. The number of aryl methyl sites for hydroxylation is 3. The number of hydrogen-bond donors (Lipinski definition) is 1. The summed E-state index contributed by atoms with van der Waals surface area (Å²) in [5.74, 6) is 0.113. The fraction of sp³-hybridized carbons (Fsp3) is 0.500. The number of rotatable bonds is 3. The van der Waals surface area contributed by atoms with Gasteiger partial charge in [0.15, 0.2) is 0 Å². The molecule has 1 atom stereocenters. The Morgan fingerprint density at radius 3 is 2.92 bits per heavy atom. The second-order valence-corrected chi connectivity index (χ2v) is 6.56. The molecule has 0 radical (unpaired) electrons. The number of piperidine rings is 1. The summed E-state index contributed by atoms with van der Waals surface area (Å²) in [6, 6.07) is 1.73. The first-order valence-corrected chi connectivity index (χ1v) is 8.50. The van der Waals surface area contributed by atoms with Gasteiger partial charge in [-0.3, -0.25) is 14.3 Å². The molecule has 0 aromatic carbocycles. The number of aromatic amines is 1. The van der Waals surface area contributed by atoms with Gasteiger partial charge in [-0.05, 0) is 43.4 Å². The average molecular weight is 328 g/mol. The summed E-state index contributed by atoms with van der Waals surface area (Å²) in [5.41, 5.74) is 2.97. The van der Waals surface area contributed by atoms with Crippen molar-refractivity contribution in [1.82, 2.24) is 19.7 Å². The van der Waals surface area contributed by atoms with E-state index >= 15 is 0 Å². The van der Waals surface area contributed by atoms with Crippen molar-refractivity contribution < 1.29 is 4.79 Å². The van der Waals surface area contributed by atoms with E-state index in [9.17, 15) is 9.59 Å². The van der Waals surface area contributed by atoms with Crippen LogP contribution in [0.25, 0.3) is 0 Å². The Hall–Kier alpha value is -2.37. The molecule has 1 unspecified atom stereocenters. The smallest absolute Gasteiger partial charge is 0.261 e. The van der Waals surface area contributed by atoms with Gasteiger partial charge >= 0.3 is 0 Å². The number of nitrogens with one attached hydrogen (secondary N) is 1. The van der Waals surface area contributed by atoms with E-state index in [1.54, 1.807) is 15.6 Å². The molecule has 0 aliphatic carbocycles. The van der Waals surface area contributed by atoms with Gasteiger partial charge in [-0.15, -0.1) is 0 Å². The quantitative estimate of drug-likeness (QED) is 0.937. The van der Waals surface area contributed by atoms with Crippen molar-refractivity contribution >= 4 is 5.91 Å². The van der Waals surface area contributed by atoms with E-state index in [0.717, 1.165) is 36.1 Å². The second kappa shape index (κ2) is 6.63. The summed E-state index contributed by atoms with van der Waals surface area (Å²) in [6.45, 7) is 5.26. The summed E-state index contributed by atoms with van der Waals surface area (Å²) in [5, 5.41) is 4.22. The maximum Gasteiger partial charge on any atom is 0.261 e. The molecule has 6 heteroatoms. The van der Waals surface area contributed by atoms with Crippen LogP contribution in [-0.2, 0) is 13.5 Å². The van der Waals surface area contributed by atoms with Crippen molar-refractivity contribution in [1.29, 1.82) is 0 Å². The van der Waals surface area contributed by atoms with E-state index in [-0.39, 0.29) is 22.9 Å². The zero-order valence-corrected chi connectivity index (χ0v) is 14.5. The minimum Gasteiger partial charge on any atom is -0.338 e. The summed E-state index contributed by atoms with van der Waals surface area (Å²) >= 11 is 0. The summed E-state index contributed by atoms with van der Waals surface area (Å²) in [6.07, 6.45) is 6.61. The lowest BCUT2D eigenvalue weighted by atomic mass is 9.92. The number of carbonyl (C=O) groups is 1. The summed E-state index contributed by atoms with van der Waals surface area (Å²) in [4.78, 5) is 29.8. The van der Waals surface area contributed by atoms with Gasteiger partial charge in [-0.2, -0.15) is 5.10 Å². The Bertz CT molecular complexity index is 806. The number of likely N-dealkylation sites (tertiary alicyclic amines) is 1. The molecule has 128 valence electrons. The monoisotopic (exact) mass is 328 g/mol. The molecule has 3 heterocycles. The molecule has 1 amide bonds. The molecule has 2 aromatic heterocycles. The number of amides is 1. The molecule has 1 aliphatic rings. The fourth-order valence-electron chi connectivity index (χ4n) is 3.45. The Morgan fingerprint density at radius 1 is 1.46 bits per heavy atom. The topological polar surface area (TPSA) is 71.0 Å². The predicted molar refractivity (Wildman–Crippen MR) is 92.3 cm³/mol. The second-order valence-electron chi connectivity index (χ2n) is 6.56. The van der Waals surface area contributed by atoms with E-state index in [2.05, 4.69) is 10.1 Å². The lowest BCUT2D eigenvalue weighted by molar-refractivity contribution is 0.0705. The number of pyridine rings is 1. The van der Waals surface area contributed by atoms with E-state index in [1.807, 2.05) is 33.3 Å². The molecule has 1 saturated heterocycles. The van der Waals surface area contributed by atoms with Crippen molar-refractivity contribution in [3.8, 4) is 0 Å². The van der Waals surface area contributed by atoms with Crippen LogP contribution in [-0.4, -0.2) is 38.7 Å². The third-order valence-electron chi connectivity index (χ3n) is 4.83. The lowest BCUT2D eigenvalue weighted by Crippen LogP contribution is -2.41. The van der Waals surface area contributed by atoms with Crippen molar-refractivity contribution in [2.24, 2.45) is 7.05 Å². The number of hydrogen-bond acceptors (Lipinski definition) is 3. The summed E-state index contributed by atoms with van der Waals surface area (Å²) < 4.78 is 1.79. The van der Waals surface area contributed by atoms with Crippen LogP contribution in [0, 0.1) is 6.92 Å². The molecule has 0 spiro atoms. The van der Waals surface area contributed by atoms with E-state index in [0.29, 0.717) is 13.1 Å². The molecule has 2 aromatic rings. The van der Waals surface area contributed by atoms with Crippen LogP contribution in [0.2, 0.25) is 0 Å². The minimum absolute atomic E-state index is 0.171. The van der Waals surface area contributed by atoms with E-state index in [1.165, 1.54) is 0 Å². The largest absolute Gasteiger partial charge is 0.338 e. The highest BCUT2D eigenvalue weighted by Gasteiger charge is 2.27. The van der Waals surface area contributed by atoms with Gasteiger partial charge in [0, 0.05) is 37.9 Å². The van der Waals surface area contributed by atoms with Gasteiger partial charge in [-0.1, -0.05) is 6.92 Å². The SMILES string of the molecule is CCc1[nH]c(=O)c(C(=O)N2CCCC(c3cnn(C)c3)C2)cc1C. The molecule has 1 fully saturated rings. The molecule has 3 rings (SSSR count). The third-order valence-corrected chi connectivity index (χ3v) is 4.83. The van der Waals surface area contributed by atoms with E-state index in [4.69, 9.17) is 0 Å². The van der Waals surface area contributed by atoms with Crippen LogP contribution in [0.3, 0.4) is 0 Å². The van der Waals surface area contributed by atoms with Crippen LogP contribution >= 0.6 is 0 Å². The van der Waals surface area contributed by atoms with Crippen LogP contribution in [0.1, 0.15) is 52.9 Å². The number of aromatic nitrogens is 3. The molecule has 0 bridgehead atoms. The third kappa shape index (κ3) is 3.13. The van der Waals surface area contributed by atoms with Gasteiger partial charge in [0.25, 0.3) is 11.5 Å². The maximum atomic E-state index is 12.8. The molecule has 1 aliphatic heterocycles. The minimum atomic E-state index is -0.286. The van der Waals surface area contributed by atoms with Crippen molar-refractivity contribution in [3.05, 3.63) is 51.2 Å². The lowest BCUT2D eigenvalue weighted by Gasteiger charge is -2.32. The van der Waals surface area contributed by atoms with Crippen LogP contribution in [0.4, 0.5) is 0 Å². The molecular weight excluding hydrogens is 304 g/mol. The van der Waals surface area contributed by atoms with Gasteiger partial charge in [-0.25, -0.2) is 0 Å². The molecule has 24 heavy (non-hydrogen) atoms. The number of carbonyl (C=O) groups excluding carboxylic acids is 1. The van der Waals surface area contributed by atoms with Crippen LogP contribution in [0.15, 0.2) is 23.3 Å². The Morgan fingerprint density at radius 2 is 2.25 bits per heavy atom. The van der Waals surface area contributed by atoms with Gasteiger partial charge < -0.3 is 9.88 Å². The molecule has 1 N–H and O–H groups in total. The zero-order valence-electron chi connectivity index (χ0n) is 14.5. The first-order chi connectivity index (χ1) is 11.5. The van der Waals surface area contributed by atoms with Crippen molar-refractivity contribution in [2.45, 2.75) is 39.0 Å². The molecular formula is C18H24N4O2. The van der Waals surface area contributed by atoms with Crippen molar-refractivity contribution in [3.63, 3.8) is 0 Å². The zero-order chi connectivity index (χ0) is 17.3. The Labute approximate surface area is 141 Å².